The Morgan fingerprint density at radius 2 is 2.12 bits per heavy atom. The van der Waals surface area contributed by atoms with Crippen molar-refractivity contribution in [2.75, 3.05) is 20.4 Å². The molecule has 2 N–H and O–H groups in total. The first-order chi connectivity index (χ1) is 12.0. The van der Waals surface area contributed by atoms with Gasteiger partial charge in [0, 0.05) is 57.7 Å². The zero-order valence-corrected chi connectivity index (χ0v) is 19.2. The van der Waals surface area contributed by atoms with Crippen molar-refractivity contribution in [3.05, 3.63) is 48.2 Å². The molecule has 144 valence electrons. The van der Waals surface area contributed by atoms with Crippen LogP contribution in [0.3, 0.4) is 0 Å². The molecule has 0 radical (unpaired) electrons. The van der Waals surface area contributed by atoms with Gasteiger partial charge in [0.1, 0.15) is 6.61 Å². The Balaban J connectivity index is 0.000000270. The van der Waals surface area contributed by atoms with E-state index in [0.29, 0.717) is 13.0 Å². The maximum absolute atomic E-state index is 10.8. The molecule has 1 aliphatic carbocycles. The third kappa shape index (κ3) is 6.03. The summed E-state index contributed by atoms with van der Waals surface area (Å²) >= 11 is 0. The molecule has 0 aromatic heterocycles. The first-order valence-electron chi connectivity index (χ1n) is 8.14. The Morgan fingerprint density at radius 1 is 1.42 bits per heavy atom. The number of hydrogen-bond donors (Lipinski definition) is 1. The molecule has 0 amide bonds. The van der Waals surface area contributed by atoms with Crippen LogP contribution in [0.1, 0.15) is 18.9 Å². The van der Waals surface area contributed by atoms with E-state index in [4.69, 9.17) is 24.7 Å². The molecule has 1 aromatic rings. The third-order valence-electron chi connectivity index (χ3n) is 4.31. The van der Waals surface area contributed by atoms with E-state index in [2.05, 4.69) is 0 Å². The molecule has 1 aliphatic heterocycles. The monoisotopic (exact) mass is 589 g/mol. The molecule has 26 heavy (non-hydrogen) atoms. The van der Waals surface area contributed by atoms with E-state index in [1.54, 1.807) is 13.7 Å². The fourth-order valence-corrected chi connectivity index (χ4v) is 3.16. The van der Waals surface area contributed by atoms with Crippen LogP contribution in [0.15, 0.2) is 30.3 Å². The molecule has 2 bridgehead atoms. The number of carbonyl (C=O) groups excluding carboxylic acids is 1. The van der Waals surface area contributed by atoms with Gasteiger partial charge in [0.05, 0.1) is 18.3 Å². The van der Waals surface area contributed by atoms with E-state index in [-0.39, 0.29) is 62.4 Å². The summed E-state index contributed by atoms with van der Waals surface area (Å²) in [6, 6.07) is 9.85. The average molecular weight is 589 g/mol. The second kappa shape index (κ2) is 11.4. The summed E-state index contributed by atoms with van der Waals surface area (Å²) in [7, 11) is 1.57. The van der Waals surface area contributed by atoms with Gasteiger partial charge < -0.3 is 29.8 Å². The van der Waals surface area contributed by atoms with Crippen LogP contribution < -0.4 is 0 Å². The van der Waals surface area contributed by atoms with E-state index in [1.165, 1.54) is 6.92 Å². The van der Waals surface area contributed by atoms with Crippen LogP contribution in [0.2, 0.25) is 0 Å². The van der Waals surface area contributed by atoms with Gasteiger partial charge in [-0.3, -0.25) is 4.79 Å². The Kier molecular flexibility index (Phi) is 10.3. The van der Waals surface area contributed by atoms with Crippen LogP contribution >= 0.6 is 0 Å². The van der Waals surface area contributed by atoms with Crippen LogP contribution in [0.5, 0.6) is 0 Å². The Hall–Kier alpha value is -0.458. The first-order valence-corrected chi connectivity index (χ1v) is 8.14. The number of carbonyl (C=O) groups is 1. The molecule has 8 heteroatoms. The number of benzene rings is 1. The van der Waals surface area contributed by atoms with Gasteiger partial charge in [-0.15, -0.1) is 0 Å². The van der Waals surface area contributed by atoms with Crippen molar-refractivity contribution in [1.82, 2.24) is 0 Å². The summed E-state index contributed by atoms with van der Waals surface area (Å²) in [5.41, 5.74) is 7.16. The molecule has 4 atom stereocenters. The molecular formula is C18H25NO6U-2. The standard InChI is InChI=1S/C10H15O5.C8H10NO.U/c1-6(11)14-5-10-3-8(12)7(4-15-10)9(10)13-2;9-7-10-6-8-4-2-1-3-5-8;/h4,7-9,12H,3,5H2,1-2H3;1-5,9H,6-7H2;/q2*-1;/t7-,8-,9-,10+;;/m0../s1. The van der Waals surface area contributed by atoms with Gasteiger partial charge in [0.25, 0.3) is 0 Å². The summed E-state index contributed by atoms with van der Waals surface area (Å²) in [6.45, 7) is 3.65. The van der Waals surface area contributed by atoms with Gasteiger partial charge in [-0.05, 0) is 12.3 Å². The number of methoxy groups -OCH3 is 1. The van der Waals surface area contributed by atoms with Crippen molar-refractivity contribution in [3.8, 4) is 0 Å². The van der Waals surface area contributed by atoms with E-state index >= 15 is 0 Å². The van der Waals surface area contributed by atoms with Crippen LogP contribution in [0.4, 0.5) is 0 Å². The molecule has 2 fully saturated rings. The van der Waals surface area contributed by atoms with Gasteiger partial charge in [-0.25, -0.2) is 6.61 Å². The molecule has 3 rings (SSSR count). The normalized spacial score (nSPS) is 28.7. The number of ether oxygens (including phenoxy) is 4. The smallest absolute Gasteiger partial charge is 0.302 e. The van der Waals surface area contributed by atoms with Crippen molar-refractivity contribution in [2.45, 2.75) is 37.8 Å². The van der Waals surface area contributed by atoms with Gasteiger partial charge in [0.15, 0.2) is 0 Å². The zero-order chi connectivity index (χ0) is 18.3. The number of hydrogen-bond acceptors (Lipinski definition) is 6. The minimum Gasteiger partial charge on any atom is -0.655 e. The second-order valence-electron chi connectivity index (χ2n) is 6.08. The zero-order valence-electron chi connectivity index (χ0n) is 15.0. The van der Waals surface area contributed by atoms with Crippen molar-refractivity contribution in [1.29, 1.82) is 0 Å². The minimum atomic E-state index is -0.690. The maximum Gasteiger partial charge on any atom is 0.302 e. The Labute approximate surface area is 177 Å². The predicted molar refractivity (Wildman–Crippen MR) is 90.1 cm³/mol. The van der Waals surface area contributed by atoms with Crippen molar-refractivity contribution in [3.63, 3.8) is 0 Å². The fraction of sp³-hybridized carbons (Fsp3) is 0.556. The van der Waals surface area contributed by atoms with Crippen LogP contribution in [0, 0.1) is 43.6 Å². The van der Waals surface area contributed by atoms with Gasteiger partial charge in [0.2, 0.25) is 0 Å². The summed E-state index contributed by atoms with van der Waals surface area (Å²) in [6.07, 6.45) is -0.258. The van der Waals surface area contributed by atoms with Crippen LogP contribution in [0.25, 0.3) is 5.73 Å². The second-order valence-corrected chi connectivity index (χ2v) is 6.08. The number of aliphatic hydroxyl groups excluding tert-OH is 1. The topological polar surface area (TPSA) is 98.0 Å². The largest absolute Gasteiger partial charge is 0.655 e. The summed E-state index contributed by atoms with van der Waals surface area (Å²) in [5.74, 6) is -0.474. The van der Waals surface area contributed by atoms with E-state index in [1.807, 2.05) is 30.3 Å². The van der Waals surface area contributed by atoms with Crippen LogP contribution in [-0.4, -0.2) is 49.3 Å². The number of rotatable bonds is 6. The van der Waals surface area contributed by atoms with Gasteiger partial charge in [-0.2, -0.15) is 0 Å². The molecule has 1 heterocycles. The minimum absolute atomic E-state index is 0. The molecule has 1 saturated carbocycles. The number of nitrogens with one attached hydrogen (secondary N) is 1. The molecule has 0 spiro atoms. The summed E-state index contributed by atoms with van der Waals surface area (Å²) in [5, 5.41) is 9.72. The fourth-order valence-electron chi connectivity index (χ4n) is 3.16. The molecule has 2 aliphatic rings. The molecule has 1 aromatic carbocycles. The summed E-state index contributed by atoms with van der Waals surface area (Å²) < 4.78 is 20.6. The van der Waals surface area contributed by atoms with Crippen molar-refractivity contribution < 1.29 is 60.0 Å². The first kappa shape index (κ1) is 23.6. The van der Waals surface area contributed by atoms with Crippen LogP contribution in [-0.2, 0) is 30.3 Å². The molecule has 1 saturated heterocycles. The molecule has 7 nitrogen and oxygen atoms in total. The van der Waals surface area contributed by atoms with E-state index in [9.17, 15) is 9.90 Å². The summed E-state index contributed by atoms with van der Waals surface area (Å²) in [4.78, 5) is 10.8. The van der Waals surface area contributed by atoms with Crippen molar-refractivity contribution in [2.24, 2.45) is 5.92 Å². The molecule has 0 unspecified atom stereocenters. The Bertz CT molecular complexity index is 546. The maximum atomic E-state index is 10.8. The number of esters is 1. The number of aliphatic hydroxyl groups is 1. The SMILES string of the molecule is CO[C@H]1[C@H]2[CH-]O[C@@]1(COC(C)=O)C[C@@H]2O.[NH-]COCc1ccccc1.[U]. The quantitative estimate of drug-likeness (QED) is 0.404. The third-order valence-corrected chi connectivity index (χ3v) is 4.31. The average Bonchev–Trinajstić information content (AvgIpc) is 3.11. The Morgan fingerprint density at radius 3 is 2.65 bits per heavy atom. The van der Waals surface area contributed by atoms with E-state index in [0.717, 1.165) is 5.56 Å². The number of fused-ring (bicyclic) bond motifs is 2. The van der Waals surface area contributed by atoms with Gasteiger partial charge in [-0.1, -0.05) is 36.2 Å². The predicted octanol–water partition coefficient (Wildman–Crippen LogP) is 2.09. The molecular weight excluding hydrogens is 564 g/mol. The van der Waals surface area contributed by atoms with Crippen molar-refractivity contribution >= 4 is 5.97 Å². The van der Waals surface area contributed by atoms with E-state index < -0.39 is 11.7 Å². The van der Waals surface area contributed by atoms with Gasteiger partial charge >= 0.3 is 5.97 Å².